The van der Waals surface area contributed by atoms with Crippen molar-refractivity contribution in [2.24, 2.45) is 0 Å². The van der Waals surface area contributed by atoms with E-state index in [0.29, 0.717) is 12.1 Å². The second-order valence-corrected chi connectivity index (χ2v) is 2.39. The standard InChI is InChI=1S/C8H5F5O/c9-3-4-1-5(14-8(12)13)2-6(10)7(4)11/h1-2,8H,3H2. The van der Waals surface area contributed by atoms with Gasteiger partial charge in [-0.25, -0.2) is 13.2 Å². The van der Waals surface area contributed by atoms with Crippen LogP contribution in [0.4, 0.5) is 22.0 Å². The lowest BCUT2D eigenvalue weighted by Gasteiger charge is -2.06. The summed E-state index contributed by atoms with van der Waals surface area (Å²) in [4.78, 5) is 0. The molecule has 0 amide bonds. The van der Waals surface area contributed by atoms with Crippen molar-refractivity contribution in [3.05, 3.63) is 29.3 Å². The Balaban J connectivity index is 3.03. The maximum Gasteiger partial charge on any atom is 0.387 e. The van der Waals surface area contributed by atoms with Gasteiger partial charge in [-0.05, 0) is 6.07 Å². The minimum atomic E-state index is -3.16. The Morgan fingerprint density at radius 1 is 1.21 bits per heavy atom. The van der Waals surface area contributed by atoms with Gasteiger partial charge in [-0.2, -0.15) is 8.78 Å². The number of hydrogen-bond acceptors (Lipinski definition) is 1. The average molecular weight is 212 g/mol. The fraction of sp³-hybridized carbons (Fsp3) is 0.250. The van der Waals surface area contributed by atoms with Crippen molar-refractivity contribution in [3.8, 4) is 5.75 Å². The van der Waals surface area contributed by atoms with E-state index in [0.717, 1.165) is 0 Å². The molecule has 0 aromatic heterocycles. The highest BCUT2D eigenvalue weighted by molar-refractivity contribution is 5.30. The van der Waals surface area contributed by atoms with Crippen LogP contribution in [0.2, 0.25) is 0 Å². The lowest BCUT2D eigenvalue weighted by atomic mass is 10.2. The number of rotatable bonds is 3. The van der Waals surface area contributed by atoms with E-state index in [1.807, 2.05) is 0 Å². The second-order valence-electron chi connectivity index (χ2n) is 2.39. The summed E-state index contributed by atoms with van der Waals surface area (Å²) in [6, 6.07) is 1.12. The van der Waals surface area contributed by atoms with Crippen LogP contribution in [0.15, 0.2) is 12.1 Å². The minimum absolute atomic E-state index is 0.431. The van der Waals surface area contributed by atoms with Gasteiger partial charge >= 0.3 is 6.61 Å². The molecule has 1 rings (SSSR count). The van der Waals surface area contributed by atoms with Gasteiger partial charge in [0.25, 0.3) is 0 Å². The molecule has 0 radical (unpaired) electrons. The summed E-state index contributed by atoms with van der Waals surface area (Å²) in [7, 11) is 0. The van der Waals surface area contributed by atoms with Gasteiger partial charge in [-0.3, -0.25) is 0 Å². The Morgan fingerprint density at radius 3 is 2.36 bits per heavy atom. The first-order chi connectivity index (χ1) is 6.54. The van der Waals surface area contributed by atoms with Crippen LogP contribution in [0.25, 0.3) is 0 Å². The fourth-order valence-corrected chi connectivity index (χ4v) is 0.887. The lowest BCUT2D eigenvalue weighted by molar-refractivity contribution is -0.0501. The first-order valence-electron chi connectivity index (χ1n) is 3.53. The smallest absolute Gasteiger partial charge is 0.387 e. The largest absolute Gasteiger partial charge is 0.435 e. The Bertz CT molecular complexity index is 326. The van der Waals surface area contributed by atoms with Gasteiger partial charge in [0.1, 0.15) is 12.4 Å². The molecular formula is C8H5F5O. The van der Waals surface area contributed by atoms with Crippen molar-refractivity contribution < 1.29 is 26.7 Å². The van der Waals surface area contributed by atoms with Crippen LogP contribution in [0.5, 0.6) is 5.75 Å². The molecule has 1 nitrogen and oxygen atoms in total. The van der Waals surface area contributed by atoms with Crippen molar-refractivity contribution in [1.82, 2.24) is 0 Å². The summed E-state index contributed by atoms with van der Waals surface area (Å²) < 4.78 is 64.4. The van der Waals surface area contributed by atoms with Crippen molar-refractivity contribution in [3.63, 3.8) is 0 Å². The lowest BCUT2D eigenvalue weighted by Crippen LogP contribution is -2.04. The van der Waals surface area contributed by atoms with Gasteiger partial charge < -0.3 is 4.74 Å². The van der Waals surface area contributed by atoms with Gasteiger partial charge in [-0.1, -0.05) is 0 Å². The van der Waals surface area contributed by atoms with Crippen molar-refractivity contribution in [1.29, 1.82) is 0 Å². The monoisotopic (exact) mass is 212 g/mol. The topological polar surface area (TPSA) is 9.23 Å². The third-order valence-corrected chi connectivity index (χ3v) is 1.45. The van der Waals surface area contributed by atoms with Crippen LogP contribution in [-0.4, -0.2) is 6.61 Å². The first kappa shape index (κ1) is 10.7. The first-order valence-corrected chi connectivity index (χ1v) is 3.53. The molecule has 0 heterocycles. The molecule has 0 atom stereocenters. The van der Waals surface area contributed by atoms with E-state index >= 15 is 0 Å². The molecule has 0 aliphatic rings. The average Bonchev–Trinajstić information content (AvgIpc) is 2.10. The van der Waals surface area contributed by atoms with Gasteiger partial charge in [-0.15, -0.1) is 0 Å². The van der Waals surface area contributed by atoms with Crippen LogP contribution < -0.4 is 4.74 Å². The molecule has 78 valence electrons. The molecule has 0 bridgehead atoms. The predicted octanol–water partition coefficient (Wildman–Crippen LogP) is 3.04. The van der Waals surface area contributed by atoms with E-state index < -0.39 is 36.2 Å². The molecule has 0 spiro atoms. The molecule has 0 saturated heterocycles. The number of alkyl halides is 3. The molecule has 1 aromatic carbocycles. The number of benzene rings is 1. The number of halogens is 5. The summed E-state index contributed by atoms with van der Waals surface area (Å²) in [5.41, 5.74) is -0.652. The SMILES string of the molecule is FCc1cc(OC(F)F)cc(F)c1F. The number of hydrogen-bond donors (Lipinski definition) is 0. The van der Waals surface area contributed by atoms with Gasteiger partial charge in [0.2, 0.25) is 0 Å². The molecule has 14 heavy (non-hydrogen) atoms. The van der Waals surface area contributed by atoms with Gasteiger partial charge in [0.05, 0.1) is 0 Å². The molecule has 0 N–H and O–H groups in total. The van der Waals surface area contributed by atoms with Gasteiger partial charge in [0.15, 0.2) is 11.6 Å². The van der Waals surface area contributed by atoms with E-state index in [2.05, 4.69) is 4.74 Å². The maximum atomic E-state index is 12.7. The Morgan fingerprint density at radius 2 is 1.86 bits per heavy atom. The molecule has 0 aliphatic heterocycles. The van der Waals surface area contributed by atoms with E-state index in [9.17, 15) is 22.0 Å². The zero-order valence-corrected chi connectivity index (χ0v) is 6.74. The molecule has 1 aromatic rings. The quantitative estimate of drug-likeness (QED) is 0.699. The van der Waals surface area contributed by atoms with Crippen LogP contribution in [-0.2, 0) is 6.67 Å². The Hall–Kier alpha value is -1.33. The molecule has 6 heteroatoms. The molecule has 0 aliphatic carbocycles. The Labute approximate surface area is 76.1 Å². The highest BCUT2D eigenvalue weighted by Gasteiger charge is 2.13. The van der Waals surface area contributed by atoms with E-state index in [1.165, 1.54) is 0 Å². The second kappa shape index (κ2) is 4.26. The molecule has 0 fully saturated rings. The van der Waals surface area contributed by atoms with Crippen molar-refractivity contribution in [2.75, 3.05) is 0 Å². The molecule has 0 saturated carbocycles. The Kier molecular flexibility index (Phi) is 3.27. The normalized spacial score (nSPS) is 10.7. The van der Waals surface area contributed by atoms with Crippen LogP contribution >= 0.6 is 0 Å². The fourth-order valence-electron chi connectivity index (χ4n) is 0.887. The number of ether oxygens (including phenoxy) is 1. The van der Waals surface area contributed by atoms with E-state index in [1.54, 1.807) is 0 Å². The molecule has 0 unspecified atom stereocenters. The molecular weight excluding hydrogens is 207 g/mol. The highest BCUT2D eigenvalue weighted by atomic mass is 19.3. The highest BCUT2D eigenvalue weighted by Crippen LogP contribution is 2.22. The summed E-state index contributed by atoms with van der Waals surface area (Å²) in [5.74, 6) is -3.42. The zero-order valence-electron chi connectivity index (χ0n) is 6.74. The van der Waals surface area contributed by atoms with Crippen LogP contribution in [0.1, 0.15) is 5.56 Å². The van der Waals surface area contributed by atoms with Crippen LogP contribution in [0, 0.1) is 11.6 Å². The third kappa shape index (κ3) is 2.34. The van der Waals surface area contributed by atoms with E-state index in [4.69, 9.17) is 0 Å². The van der Waals surface area contributed by atoms with Crippen LogP contribution in [0.3, 0.4) is 0 Å². The van der Waals surface area contributed by atoms with Crippen molar-refractivity contribution in [2.45, 2.75) is 13.3 Å². The summed E-state index contributed by atoms with van der Waals surface area (Å²) in [6.07, 6.45) is 0. The van der Waals surface area contributed by atoms with E-state index in [-0.39, 0.29) is 0 Å². The van der Waals surface area contributed by atoms with Gasteiger partial charge in [0, 0.05) is 11.6 Å². The summed E-state index contributed by atoms with van der Waals surface area (Å²) in [6.45, 7) is -4.45. The summed E-state index contributed by atoms with van der Waals surface area (Å²) >= 11 is 0. The zero-order chi connectivity index (χ0) is 10.7. The maximum absolute atomic E-state index is 12.7. The van der Waals surface area contributed by atoms with Crippen molar-refractivity contribution >= 4 is 0 Å². The summed E-state index contributed by atoms with van der Waals surface area (Å²) in [5, 5.41) is 0. The predicted molar refractivity (Wildman–Crippen MR) is 37.8 cm³/mol. The minimum Gasteiger partial charge on any atom is -0.435 e. The third-order valence-electron chi connectivity index (χ3n) is 1.45.